The molecule has 2 amide bonds. The van der Waals surface area contributed by atoms with Gasteiger partial charge in [-0.3, -0.25) is 4.79 Å². The molecule has 6 nitrogen and oxygen atoms in total. The Morgan fingerprint density at radius 3 is 2.36 bits per heavy atom. The van der Waals surface area contributed by atoms with E-state index in [0.717, 1.165) is 5.56 Å². The third-order valence-electron chi connectivity index (χ3n) is 3.46. The third kappa shape index (κ3) is 9.15. The first-order valence-corrected chi connectivity index (χ1v) is 8.30. The SMILES string of the molecule is [B]c1ccc(CO[C@H](C)[C@H](CCC(N)=O)NC(=O)OC(C)(C)C)cc1. The first-order valence-electron chi connectivity index (χ1n) is 8.30. The zero-order valence-electron chi connectivity index (χ0n) is 15.4. The third-order valence-corrected chi connectivity index (χ3v) is 3.46. The minimum absolute atomic E-state index is 0.149. The predicted molar refractivity (Wildman–Crippen MR) is 97.7 cm³/mol. The summed E-state index contributed by atoms with van der Waals surface area (Å²) in [5.41, 5.74) is 6.26. The van der Waals surface area contributed by atoms with Crippen molar-refractivity contribution >= 4 is 25.3 Å². The normalized spacial score (nSPS) is 13.8. The average Bonchev–Trinajstić information content (AvgIpc) is 2.48. The smallest absolute Gasteiger partial charge is 0.407 e. The standard InChI is InChI=1S/C18H27BN2O4/c1-12(24-11-13-5-7-14(19)8-6-13)15(9-10-16(20)22)21-17(23)25-18(2,3)4/h5-8,12,15H,9-11H2,1-4H3,(H2,20,22)(H,21,23)/t12-,15+/m1/s1. The van der Waals surface area contributed by atoms with Crippen LogP contribution in [0.5, 0.6) is 0 Å². The molecule has 25 heavy (non-hydrogen) atoms. The summed E-state index contributed by atoms with van der Waals surface area (Å²) < 4.78 is 11.1. The molecule has 1 aromatic rings. The minimum Gasteiger partial charge on any atom is -0.444 e. The Morgan fingerprint density at radius 1 is 1.24 bits per heavy atom. The highest BCUT2D eigenvalue weighted by Gasteiger charge is 2.24. The molecule has 0 saturated carbocycles. The van der Waals surface area contributed by atoms with E-state index < -0.39 is 23.6 Å². The van der Waals surface area contributed by atoms with Crippen molar-refractivity contribution in [3.05, 3.63) is 29.8 Å². The highest BCUT2D eigenvalue weighted by molar-refractivity contribution is 6.32. The van der Waals surface area contributed by atoms with Gasteiger partial charge in [-0.1, -0.05) is 29.7 Å². The largest absolute Gasteiger partial charge is 0.444 e. The second-order valence-electron chi connectivity index (χ2n) is 7.02. The molecule has 136 valence electrons. The topological polar surface area (TPSA) is 90.6 Å². The fourth-order valence-corrected chi connectivity index (χ4v) is 2.14. The lowest BCUT2D eigenvalue weighted by molar-refractivity contribution is -0.118. The quantitative estimate of drug-likeness (QED) is 0.699. The van der Waals surface area contributed by atoms with Crippen molar-refractivity contribution in [2.24, 2.45) is 5.73 Å². The van der Waals surface area contributed by atoms with Gasteiger partial charge in [0.05, 0.1) is 18.8 Å². The van der Waals surface area contributed by atoms with Crippen molar-refractivity contribution in [2.45, 2.75) is 64.9 Å². The van der Waals surface area contributed by atoms with E-state index in [0.29, 0.717) is 18.5 Å². The van der Waals surface area contributed by atoms with Crippen LogP contribution in [0.25, 0.3) is 0 Å². The van der Waals surface area contributed by atoms with Gasteiger partial charge in [-0.25, -0.2) is 4.79 Å². The lowest BCUT2D eigenvalue weighted by Crippen LogP contribution is -2.45. The maximum Gasteiger partial charge on any atom is 0.407 e. The van der Waals surface area contributed by atoms with E-state index in [-0.39, 0.29) is 12.5 Å². The zero-order valence-corrected chi connectivity index (χ0v) is 15.4. The fraction of sp³-hybridized carbons (Fsp3) is 0.556. The summed E-state index contributed by atoms with van der Waals surface area (Å²) in [6.45, 7) is 7.55. The molecule has 0 bridgehead atoms. The van der Waals surface area contributed by atoms with Crippen molar-refractivity contribution in [1.82, 2.24) is 5.32 Å². The van der Waals surface area contributed by atoms with E-state index >= 15 is 0 Å². The van der Waals surface area contributed by atoms with E-state index in [1.54, 1.807) is 32.9 Å². The van der Waals surface area contributed by atoms with Crippen LogP contribution in [0.2, 0.25) is 0 Å². The summed E-state index contributed by atoms with van der Waals surface area (Å²) in [5, 5.41) is 2.76. The Morgan fingerprint density at radius 2 is 1.84 bits per heavy atom. The second-order valence-corrected chi connectivity index (χ2v) is 7.02. The number of rotatable bonds is 8. The highest BCUT2D eigenvalue weighted by atomic mass is 16.6. The van der Waals surface area contributed by atoms with Gasteiger partial charge in [0.15, 0.2) is 0 Å². The Balaban J connectivity index is 2.64. The minimum atomic E-state index is -0.605. The molecule has 0 unspecified atom stereocenters. The maximum absolute atomic E-state index is 12.0. The predicted octanol–water partition coefficient (Wildman–Crippen LogP) is 1.54. The van der Waals surface area contributed by atoms with Gasteiger partial charge in [0.1, 0.15) is 13.4 Å². The monoisotopic (exact) mass is 346 g/mol. The summed E-state index contributed by atoms with van der Waals surface area (Å²) in [7, 11) is 5.66. The molecule has 0 aromatic heterocycles. The lowest BCUT2D eigenvalue weighted by Gasteiger charge is -2.27. The summed E-state index contributed by atoms with van der Waals surface area (Å²) in [4.78, 5) is 23.1. The molecule has 0 spiro atoms. The molecule has 0 aliphatic heterocycles. The molecule has 0 fully saturated rings. The van der Waals surface area contributed by atoms with Gasteiger partial charge in [0, 0.05) is 6.42 Å². The van der Waals surface area contributed by atoms with Crippen LogP contribution in [0, 0.1) is 0 Å². The molecule has 0 aliphatic rings. The van der Waals surface area contributed by atoms with Crippen LogP contribution in [-0.4, -0.2) is 37.6 Å². The number of hydrogen-bond acceptors (Lipinski definition) is 4. The Labute approximate surface area is 150 Å². The van der Waals surface area contributed by atoms with Crippen LogP contribution < -0.4 is 16.5 Å². The zero-order chi connectivity index (χ0) is 19.0. The molecular weight excluding hydrogens is 319 g/mol. The van der Waals surface area contributed by atoms with Gasteiger partial charge in [0.25, 0.3) is 0 Å². The van der Waals surface area contributed by atoms with Crippen LogP contribution >= 0.6 is 0 Å². The Kier molecular flexibility index (Phi) is 7.96. The average molecular weight is 346 g/mol. The first kappa shape index (κ1) is 21.0. The van der Waals surface area contributed by atoms with Crippen molar-refractivity contribution in [1.29, 1.82) is 0 Å². The van der Waals surface area contributed by atoms with Gasteiger partial charge in [-0.2, -0.15) is 0 Å². The van der Waals surface area contributed by atoms with Gasteiger partial charge in [0.2, 0.25) is 5.91 Å². The highest BCUT2D eigenvalue weighted by Crippen LogP contribution is 2.12. The first-order chi connectivity index (χ1) is 11.6. The molecule has 3 N–H and O–H groups in total. The van der Waals surface area contributed by atoms with Crippen LogP contribution in [0.4, 0.5) is 4.79 Å². The van der Waals surface area contributed by atoms with Gasteiger partial charge in [-0.05, 0) is 39.7 Å². The number of hydrogen-bond donors (Lipinski definition) is 2. The van der Waals surface area contributed by atoms with Crippen LogP contribution in [0.15, 0.2) is 24.3 Å². The number of amides is 2. The molecule has 0 heterocycles. The number of primary amides is 1. The number of carbonyl (C=O) groups is 2. The van der Waals surface area contributed by atoms with E-state index in [2.05, 4.69) is 5.32 Å². The Bertz CT molecular complexity index is 569. The summed E-state index contributed by atoms with van der Waals surface area (Å²) in [6.07, 6.45) is -0.359. The summed E-state index contributed by atoms with van der Waals surface area (Å²) >= 11 is 0. The summed E-state index contributed by atoms with van der Waals surface area (Å²) in [5.74, 6) is -0.429. The number of alkyl carbamates (subject to hydrolysis) is 1. The van der Waals surface area contributed by atoms with Crippen molar-refractivity contribution in [2.75, 3.05) is 0 Å². The van der Waals surface area contributed by atoms with E-state index in [4.69, 9.17) is 23.1 Å². The summed E-state index contributed by atoms with van der Waals surface area (Å²) in [6, 6.07) is 6.96. The van der Waals surface area contributed by atoms with Crippen molar-refractivity contribution in [3.63, 3.8) is 0 Å². The van der Waals surface area contributed by atoms with Crippen molar-refractivity contribution in [3.8, 4) is 0 Å². The second kappa shape index (κ2) is 9.46. The number of carbonyl (C=O) groups excluding carboxylic acids is 2. The molecular formula is C18H27BN2O4. The lowest BCUT2D eigenvalue weighted by atomic mass is 9.95. The van der Waals surface area contributed by atoms with Gasteiger partial charge in [-0.15, -0.1) is 0 Å². The van der Waals surface area contributed by atoms with Crippen LogP contribution in [0.1, 0.15) is 46.1 Å². The number of nitrogens with one attached hydrogen (secondary N) is 1. The molecule has 7 heteroatoms. The van der Waals surface area contributed by atoms with Crippen LogP contribution in [-0.2, 0) is 20.9 Å². The number of ether oxygens (including phenoxy) is 2. The molecule has 2 radical (unpaired) electrons. The number of benzene rings is 1. The van der Waals surface area contributed by atoms with Crippen molar-refractivity contribution < 1.29 is 19.1 Å². The molecule has 1 rings (SSSR count). The van der Waals surface area contributed by atoms with E-state index in [9.17, 15) is 9.59 Å². The van der Waals surface area contributed by atoms with Gasteiger partial charge < -0.3 is 20.5 Å². The van der Waals surface area contributed by atoms with Crippen LogP contribution in [0.3, 0.4) is 0 Å². The molecule has 1 aromatic carbocycles. The van der Waals surface area contributed by atoms with Gasteiger partial charge >= 0.3 is 6.09 Å². The van der Waals surface area contributed by atoms with E-state index in [1.807, 2.05) is 19.1 Å². The molecule has 0 aliphatic carbocycles. The molecule has 0 saturated heterocycles. The molecule has 2 atom stereocenters. The van der Waals surface area contributed by atoms with E-state index in [1.165, 1.54) is 0 Å². The maximum atomic E-state index is 12.0. The fourth-order valence-electron chi connectivity index (χ4n) is 2.14. The number of nitrogens with two attached hydrogens (primary N) is 1. The Hall–Kier alpha value is -2.02.